The lowest BCUT2D eigenvalue weighted by atomic mass is 10.2. The van der Waals surface area contributed by atoms with Gasteiger partial charge >= 0.3 is 6.09 Å². The van der Waals surface area contributed by atoms with Crippen LogP contribution in [-0.2, 0) is 19.2 Å². The molecule has 3 rings (SSSR count). The van der Waals surface area contributed by atoms with E-state index in [1.165, 1.54) is 23.0 Å². The minimum atomic E-state index is -0.604. The number of hydroxylamine groups is 2. The van der Waals surface area contributed by atoms with Gasteiger partial charge in [0.15, 0.2) is 0 Å². The van der Waals surface area contributed by atoms with Crippen LogP contribution < -0.4 is 15.1 Å². The number of cyclic esters (lactones) is 1. The van der Waals surface area contributed by atoms with Crippen LogP contribution in [0.4, 0.5) is 25.0 Å². The van der Waals surface area contributed by atoms with Crippen molar-refractivity contribution in [2.24, 2.45) is 0 Å². The van der Waals surface area contributed by atoms with Crippen molar-refractivity contribution < 1.29 is 32.7 Å². The molecule has 0 bridgehead atoms. The van der Waals surface area contributed by atoms with Crippen LogP contribution in [0.2, 0.25) is 0 Å². The van der Waals surface area contributed by atoms with Crippen molar-refractivity contribution in [3.8, 4) is 0 Å². The van der Waals surface area contributed by atoms with E-state index >= 15 is 0 Å². The van der Waals surface area contributed by atoms with Gasteiger partial charge < -0.3 is 15.0 Å². The normalized spacial score (nSPS) is 19.3. The molecule has 0 saturated carbocycles. The van der Waals surface area contributed by atoms with E-state index in [1.807, 2.05) is 0 Å². The zero-order valence-corrected chi connectivity index (χ0v) is 17.3. The molecule has 1 atom stereocenters. The highest BCUT2D eigenvalue weighted by Crippen LogP contribution is 2.28. The van der Waals surface area contributed by atoms with Gasteiger partial charge in [0.1, 0.15) is 11.9 Å². The lowest BCUT2D eigenvalue weighted by Gasteiger charge is -2.24. The van der Waals surface area contributed by atoms with E-state index in [2.05, 4.69) is 5.32 Å². The largest absolute Gasteiger partial charge is 0.442 e. The first-order valence-corrected chi connectivity index (χ1v) is 10.2. The van der Waals surface area contributed by atoms with Crippen molar-refractivity contribution in [3.05, 3.63) is 24.0 Å². The molecule has 2 aliphatic heterocycles. The third-order valence-corrected chi connectivity index (χ3v) is 5.02. The number of carbonyl (C=O) groups is 3. The number of nitrogens with one attached hydrogen (secondary N) is 1. The van der Waals surface area contributed by atoms with Gasteiger partial charge in [0.25, 0.3) is 0 Å². The van der Waals surface area contributed by atoms with Gasteiger partial charge in [-0.15, -0.1) is 0 Å². The van der Waals surface area contributed by atoms with Crippen molar-refractivity contribution >= 4 is 29.3 Å². The van der Waals surface area contributed by atoms with Crippen LogP contribution in [0.5, 0.6) is 0 Å². The van der Waals surface area contributed by atoms with Gasteiger partial charge in [-0.25, -0.2) is 14.2 Å². The summed E-state index contributed by atoms with van der Waals surface area (Å²) in [5, 5.41) is 3.80. The van der Waals surface area contributed by atoms with Crippen molar-refractivity contribution in [1.29, 1.82) is 0 Å². The zero-order valence-electron chi connectivity index (χ0n) is 17.3. The molecule has 9 nitrogen and oxygen atoms in total. The van der Waals surface area contributed by atoms with E-state index in [-0.39, 0.29) is 50.9 Å². The molecule has 31 heavy (non-hydrogen) atoms. The third-order valence-electron chi connectivity index (χ3n) is 5.02. The second kappa shape index (κ2) is 10.4. The first kappa shape index (κ1) is 22.7. The third kappa shape index (κ3) is 5.81. The van der Waals surface area contributed by atoms with Gasteiger partial charge in [-0.2, -0.15) is 0 Å². The summed E-state index contributed by atoms with van der Waals surface area (Å²) in [6.45, 7) is 2.33. The molecule has 2 saturated heterocycles. The summed E-state index contributed by atoms with van der Waals surface area (Å²) in [7, 11) is 0. The first-order chi connectivity index (χ1) is 14.9. The molecule has 1 aromatic carbocycles. The van der Waals surface area contributed by atoms with E-state index in [0.717, 1.165) is 0 Å². The van der Waals surface area contributed by atoms with Gasteiger partial charge in [-0.1, -0.05) is 0 Å². The molecule has 0 spiro atoms. The fraction of sp³-hybridized carbons (Fsp3) is 0.550. The molecule has 0 radical (unpaired) electrons. The van der Waals surface area contributed by atoms with Gasteiger partial charge in [0, 0.05) is 26.4 Å². The Bertz CT molecular complexity index is 825. The molecule has 11 heteroatoms. The molecule has 0 aromatic heterocycles. The second-order valence-electron chi connectivity index (χ2n) is 7.30. The van der Waals surface area contributed by atoms with E-state index < -0.39 is 24.7 Å². The molecule has 1 aromatic rings. The summed E-state index contributed by atoms with van der Waals surface area (Å²) < 4.78 is 32.4. The highest BCUT2D eigenvalue weighted by Gasteiger charge is 2.33. The van der Waals surface area contributed by atoms with Gasteiger partial charge in [-0.05, 0) is 24.6 Å². The maximum atomic E-state index is 14.9. The van der Waals surface area contributed by atoms with Crippen LogP contribution >= 0.6 is 0 Å². The molecular formula is C20H26F2N4O5. The van der Waals surface area contributed by atoms with Crippen LogP contribution in [0.25, 0.3) is 0 Å². The average molecular weight is 440 g/mol. The Morgan fingerprint density at radius 2 is 2.06 bits per heavy atom. The Morgan fingerprint density at radius 3 is 2.77 bits per heavy atom. The van der Waals surface area contributed by atoms with E-state index in [1.54, 1.807) is 17.0 Å². The number of hydrogen-bond donors (Lipinski definition) is 1. The van der Waals surface area contributed by atoms with Crippen LogP contribution in [0.3, 0.4) is 0 Å². The Kier molecular flexibility index (Phi) is 7.61. The molecule has 2 heterocycles. The monoisotopic (exact) mass is 440 g/mol. The number of amides is 3. The highest BCUT2D eigenvalue weighted by atomic mass is 19.1. The quantitative estimate of drug-likeness (QED) is 0.693. The maximum Gasteiger partial charge on any atom is 0.414 e. The fourth-order valence-corrected chi connectivity index (χ4v) is 3.45. The summed E-state index contributed by atoms with van der Waals surface area (Å²) in [5.41, 5.74) is 0.679. The number of benzene rings is 1. The van der Waals surface area contributed by atoms with Gasteiger partial charge in [0.05, 0.1) is 44.3 Å². The lowest BCUT2D eigenvalue weighted by molar-refractivity contribution is -0.182. The van der Waals surface area contributed by atoms with E-state index in [9.17, 15) is 23.2 Å². The number of halogens is 2. The van der Waals surface area contributed by atoms with Crippen LogP contribution in [0.1, 0.15) is 19.8 Å². The summed E-state index contributed by atoms with van der Waals surface area (Å²) in [5.74, 6) is -1.04. The Labute approximate surface area is 178 Å². The van der Waals surface area contributed by atoms with Crippen LogP contribution in [-0.4, -0.2) is 75.1 Å². The molecule has 3 amide bonds. The minimum absolute atomic E-state index is 0.0639. The average Bonchev–Trinajstić information content (AvgIpc) is 2.95. The first-order valence-electron chi connectivity index (χ1n) is 10.2. The summed E-state index contributed by atoms with van der Waals surface area (Å²) >= 11 is 0. The molecule has 170 valence electrons. The number of anilines is 2. The van der Waals surface area contributed by atoms with Crippen molar-refractivity contribution in [2.75, 3.05) is 55.8 Å². The van der Waals surface area contributed by atoms with Crippen molar-refractivity contribution in [3.63, 3.8) is 0 Å². The number of ether oxygens (including phenoxy) is 1. The molecule has 0 unspecified atom stereocenters. The minimum Gasteiger partial charge on any atom is -0.442 e. The van der Waals surface area contributed by atoms with Crippen molar-refractivity contribution in [1.82, 2.24) is 10.4 Å². The molecule has 2 fully saturated rings. The van der Waals surface area contributed by atoms with Crippen LogP contribution in [0.15, 0.2) is 18.2 Å². The van der Waals surface area contributed by atoms with Crippen molar-refractivity contribution in [2.45, 2.75) is 25.9 Å². The summed E-state index contributed by atoms with van der Waals surface area (Å²) in [6.07, 6.45) is -0.909. The maximum absolute atomic E-state index is 14.9. The molecule has 0 aliphatic carbocycles. The zero-order chi connectivity index (χ0) is 22.4. The van der Waals surface area contributed by atoms with E-state index in [0.29, 0.717) is 24.5 Å². The van der Waals surface area contributed by atoms with Gasteiger partial charge in [0.2, 0.25) is 11.8 Å². The topological polar surface area (TPSA) is 91.4 Å². The molecule has 2 aliphatic rings. The smallest absolute Gasteiger partial charge is 0.414 e. The van der Waals surface area contributed by atoms with Crippen LogP contribution in [0, 0.1) is 5.82 Å². The Balaban J connectivity index is 1.62. The second-order valence-corrected chi connectivity index (χ2v) is 7.30. The number of carbonyl (C=O) groups excluding carboxylic acids is 3. The molecular weight excluding hydrogens is 414 g/mol. The van der Waals surface area contributed by atoms with E-state index in [4.69, 9.17) is 9.57 Å². The summed E-state index contributed by atoms with van der Waals surface area (Å²) in [6, 6.07) is 4.45. The highest BCUT2D eigenvalue weighted by molar-refractivity contribution is 5.90. The Morgan fingerprint density at radius 1 is 1.26 bits per heavy atom. The number of alkyl halides is 1. The standard InChI is InChI=1S/C20H26F2N4O5/c1-14(27)23-12-16-13-25(20(29)31-16)15-4-5-18(17(22)11-15)24-7-8-26(30-10-9-24)19(28)3-2-6-21/h4-5,11,16H,2-3,6-10,12-13H2,1H3,(H,23,27)/t16-/m0/s1. The van der Waals surface area contributed by atoms with Gasteiger partial charge in [-0.3, -0.25) is 23.7 Å². The fourth-order valence-electron chi connectivity index (χ4n) is 3.45. The number of rotatable bonds is 7. The Hall–Kier alpha value is -2.95. The molecule has 1 N–H and O–H groups in total. The number of hydrogen-bond acceptors (Lipinski definition) is 6. The lowest BCUT2D eigenvalue weighted by Crippen LogP contribution is -2.34. The summed E-state index contributed by atoms with van der Waals surface area (Å²) in [4.78, 5) is 43.7. The SMILES string of the molecule is CC(=O)NC[C@H]1CN(c2ccc(N3CCON(C(=O)CCCF)CC3)c(F)c2)C(=O)O1. The number of nitrogens with zero attached hydrogens (tertiary/aromatic N) is 3. The predicted molar refractivity (Wildman–Crippen MR) is 108 cm³/mol. The predicted octanol–water partition coefficient (Wildman–Crippen LogP) is 1.62.